The van der Waals surface area contributed by atoms with E-state index in [1.807, 2.05) is 62.9 Å². The first-order chi connectivity index (χ1) is 15.6. The summed E-state index contributed by atoms with van der Waals surface area (Å²) in [5, 5.41) is 2.79. The maximum Gasteiger partial charge on any atom is 0.244 e. The van der Waals surface area contributed by atoms with Gasteiger partial charge in [-0.25, -0.2) is 8.42 Å². The topological polar surface area (TPSA) is 90.0 Å². The molecule has 8 nitrogen and oxygen atoms in total. The molecule has 1 saturated heterocycles. The summed E-state index contributed by atoms with van der Waals surface area (Å²) in [5.74, 6) is -0.396. The third-order valence-corrected chi connectivity index (χ3v) is 8.62. The molecule has 1 fully saturated rings. The van der Waals surface area contributed by atoms with Gasteiger partial charge in [-0.1, -0.05) is 29.8 Å². The van der Waals surface area contributed by atoms with Gasteiger partial charge in [-0.3, -0.25) is 19.4 Å². The molecule has 2 amide bonds. The lowest BCUT2D eigenvalue weighted by molar-refractivity contribution is -0.125. The standard InChI is InChI=1S/C24H30N4O4S/c1-16-13-17(2)23(18(3)14-16)33(31,32)27-11-9-26(10-12-27)19(4)24(30)28-15-22(29)25-20-7-5-6-8-21(20)28/h5-8,13-14,19H,9-12,15H2,1-4H3,(H,25,29). The highest BCUT2D eigenvalue weighted by Gasteiger charge is 2.36. The number of para-hydroxylation sites is 2. The summed E-state index contributed by atoms with van der Waals surface area (Å²) in [6.07, 6.45) is 0. The molecular weight excluding hydrogens is 440 g/mol. The molecule has 2 aliphatic rings. The van der Waals surface area contributed by atoms with Gasteiger partial charge in [0.1, 0.15) is 6.54 Å². The highest BCUT2D eigenvalue weighted by atomic mass is 32.2. The molecule has 1 atom stereocenters. The second kappa shape index (κ2) is 8.89. The third-order valence-electron chi connectivity index (χ3n) is 6.42. The molecule has 2 aromatic rings. The van der Waals surface area contributed by atoms with Gasteiger partial charge in [0.15, 0.2) is 0 Å². The maximum atomic E-state index is 13.4. The molecule has 2 aromatic carbocycles. The first kappa shape index (κ1) is 23.4. The fraction of sp³-hybridized carbons (Fsp3) is 0.417. The van der Waals surface area contributed by atoms with Gasteiger partial charge in [-0.05, 0) is 51.0 Å². The smallest absolute Gasteiger partial charge is 0.244 e. The number of anilines is 2. The van der Waals surface area contributed by atoms with E-state index in [0.717, 1.165) is 16.7 Å². The van der Waals surface area contributed by atoms with Crippen molar-refractivity contribution in [2.24, 2.45) is 0 Å². The molecule has 4 rings (SSSR count). The summed E-state index contributed by atoms with van der Waals surface area (Å²) in [5.41, 5.74) is 3.84. The number of sulfonamides is 1. The Hall–Kier alpha value is -2.75. The van der Waals surface area contributed by atoms with Crippen molar-refractivity contribution in [3.05, 3.63) is 53.1 Å². The van der Waals surface area contributed by atoms with E-state index in [9.17, 15) is 18.0 Å². The zero-order valence-corrected chi connectivity index (χ0v) is 20.3. The summed E-state index contributed by atoms with van der Waals surface area (Å²) in [6, 6.07) is 10.5. The van der Waals surface area contributed by atoms with E-state index < -0.39 is 16.1 Å². The maximum absolute atomic E-state index is 13.4. The number of aryl methyl sites for hydroxylation is 3. The van der Waals surface area contributed by atoms with E-state index in [1.54, 1.807) is 6.07 Å². The van der Waals surface area contributed by atoms with Gasteiger partial charge in [0.05, 0.1) is 22.3 Å². The van der Waals surface area contributed by atoms with Crippen LogP contribution in [0.2, 0.25) is 0 Å². The average Bonchev–Trinajstić information content (AvgIpc) is 2.76. The molecule has 0 aliphatic carbocycles. The van der Waals surface area contributed by atoms with Crippen molar-refractivity contribution in [2.45, 2.75) is 38.6 Å². The summed E-state index contributed by atoms with van der Waals surface area (Å²) in [4.78, 5) is 29.3. The number of hydrogen-bond donors (Lipinski definition) is 1. The second-order valence-electron chi connectivity index (χ2n) is 8.83. The largest absolute Gasteiger partial charge is 0.323 e. The van der Waals surface area contributed by atoms with Crippen LogP contribution >= 0.6 is 0 Å². The predicted octanol–water partition coefficient (Wildman–Crippen LogP) is 2.29. The highest BCUT2D eigenvalue weighted by molar-refractivity contribution is 7.89. The fourth-order valence-corrected chi connectivity index (χ4v) is 6.68. The molecule has 2 heterocycles. The molecule has 9 heteroatoms. The molecule has 0 spiro atoms. The molecule has 0 saturated carbocycles. The number of rotatable bonds is 4. The monoisotopic (exact) mass is 470 g/mol. The van der Waals surface area contributed by atoms with Gasteiger partial charge < -0.3 is 5.32 Å². The van der Waals surface area contributed by atoms with E-state index >= 15 is 0 Å². The minimum Gasteiger partial charge on any atom is -0.323 e. The first-order valence-electron chi connectivity index (χ1n) is 11.1. The van der Waals surface area contributed by atoms with E-state index in [0.29, 0.717) is 42.4 Å². The van der Waals surface area contributed by atoms with Crippen molar-refractivity contribution in [1.82, 2.24) is 9.21 Å². The molecule has 33 heavy (non-hydrogen) atoms. The van der Waals surface area contributed by atoms with Crippen LogP contribution in [0.4, 0.5) is 11.4 Å². The summed E-state index contributed by atoms with van der Waals surface area (Å²) in [7, 11) is -3.62. The van der Waals surface area contributed by atoms with Crippen molar-refractivity contribution in [1.29, 1.82) is 0 Å². The van der Waals surface area contributed by atoms with Gasteiger partial charge in [-0.2, -0.15) is 4.31 Å². The number of benzene rings is 2. The molecule has 1 unspecified atom stereocenters. The Bertz CT molecular complexity index is 1180. The van der Waals surface area contributed by atoms with Crippen LogP contribution in [0.15, 0.2) is 41.3 Å². The summed E-state index contributed by atoms with van der Waals surface area (Å²) < 4.78 is 28.2. The van der Waals surface area contributed by atoms with Crippen LogP contribution in [0.25, 0.3) is 0 Å². The van der Waals surface area contributed by atoms with E-state index in [4.69, 9.17) is 0 Å². The zero-order chi connectivity index (χ0) is 23.9. The molecule has 0 radical (unpaired) electrons. The molecule has 1 N–H and O–H groups in total. The number of nitrogens with zero attached hydrogens (tertiary/aromatic N) is 3. The Morgan fingerprint density at radius 1 is 1.00 bits per heavy atom. The number of piperazine rings is 1. The number of carbonyl (C=O) groups excluding carboxylic acids is 2. The van der Waals surface area contributed by atoms with Crippen LogP contribution in [0, 0.1) is 20.8 Å². The normalized spacial score (nSPS) is 18.5. The molecule has 0 aromatic heterocycles. The van der Waals surface area contributed by atoms with Crippen LogP contribution in [-0.2, 0) is 19.6 Å². The minimum absolute atomic E-state index is 0.0273. The number of nitrogens with one attached hydrogen (secondary N) is 1. The van der Waals surface area contributed by atoms with Crippen LogP contribution in [0.1, 0.15) is 23.6 Å². The van der Waals surface area contributed by atoms with Gasteiger partial charge in [0.25, 0.3) is 0 Å². The second-order valence-corrected chi connectivity index (χ2v) is 10.7. The van der Waals surface area contributed by atoms with E-state index in [2.05, 4.69) is 5.32 Å². The van der Waals surface area contributed by atoms with Crippen molar-refractivity contribution < 1.29 is 18.0 Å². The lowest BCUT2D eigenvalue weighted by atomic mass is 10.1. The summed E-state index contributed by atoms with van der Waals surface area (Å²) in [6.45, 7) is 8.91. The first-order valence-corrected chi connectivity index (χ1v) is 12.6. The fourth-order valence-electron chi connectivity index (χ4n) is 4.85. The number of carbonyl (C=O) groups is 2. The predicted molar refractivity (Wildman–Crippen MR) is 128 cm³/mol. The Morgan fingerprint density at radius 2 is 1.61 bits per heavy atom. The van der Waals surface area contributed by atoms with E-state index in [1.165, 1.54) is 9.21 Å². The average molecular weight is 471 g/mol. The summed E-state index contributed by atoms with van der Waals surface area (Å²) >= 11 is 0. The van der Waals surface area contributed by atoms with Crippen molar-refractivity contribution in [3.63, 3.8) is 0 Å². The molecular formula is C24H30N4O4S. The third kappa shape index (κ3) is 4.40. The van der Waals surface area contributed by atoms with Crippen LogP contribution in [-0.4, -0.2) is 68.2 Å². The van der Waals surface area contributed by atoms with Crippen molar-refractivity contribution >= 4 is 33.2 Å². The minimum atomic E-state index is -3.62. The Balaban J connectivity index is 1.47. The molecule has 176 valence electrons. The lowest BCUT2D eigenvalue weighted by Gasteiger charge is -2.39. The Morgan fingerprint density at radius 3 is 2.24 bits per heavy atom. The highest BCUT2D eigenvalue weighted by Crippen LogP contribution is 2.30. The Kier molecular flexibility index (Phi) is 6.30. The zero-order valence-electron chi connectivity index (χ0n) is 19.5. The van der Waals surface area contributed by atoms with Gasteiger partial charge in [0, 0.05) is 26.2 Å². The van der Waals surface area contributed by atoms with Crippen LogP contribution < -0.4 is 10.2 Å². The van der Waals surface area contributed by atoms with Gasteiger partial charge in [-0.15, -0.1) is 0 Å². The molecule has 2 aliphatic heterocycles. The quantitative estimate of drug-likeness (QED) is 0.741. The van der Waals surface area contributed by atoms with Gasteiger partial charge in [0.2, 0.25) is 21.8 Å². The number of hydrogen-bond acceptors (Lipinski definition) is 5. The van der Waals surface area contributed by atoms with Gasteiger partial charge >= 0.3 is 0 Å². The van der Waals surface area contributed by atoms with Crippen LogP contribution in [0.5, 0.6) is 0 Å². The van der Waals surface area contributed by atoms with Crippen molar-refractivity contribution in [3.8, 4) is 0 Å². The van der Waals surface area contributed by atoms with Crippen LogP contribution in [0.3, 0.4) is 0 Å². The SMILES string of the molecule is Cc1cc(C)c(S(=O)(=O)N2CCN(C(C)C(=O)N3CC(=O)Nc4ccccc43)CC2)c(C)c1. The van der Waals surface area contributed by atoms with Crippen molar-refractivity contribution in [2.75, 3.05) is 42.9 Å². The lowest BCUT2D eigenvalue weighted by Crippen LogP contribution is -2.56. The number of fused-ring (bicyclic) bond motifs is 1. The van der Waals surface area contributed by atoms with E-state index in [-0.39, 0.29) is 18.4 Å². The number of amides is 2. The molecule has 0 bridgehead atoms. The Labute approximate surface area is 195 Å².